The zero-order valence-electron chi connectivity index (χ0n) is 14.6. The van der Waals surface area contributed by atoms with Gasteiger partial charge in [-0.05, 0) is 43.0 Å². The first-order valence-electron chi connectivity index (χ1n) is 8.82. The molecule has 3 aliphatic heterocycles. The average molecular weight is 356 g/mol. The monoisotopic (exact) mass is 356 g/mol. The summed E-state index contributed by atoms with van der Waals surface area (Å²) in [6.45, 7) is 2.17. The van der Waals surface area contributed by atoms with E-state index in [1.165, 1.54) is 25.3 Å². The number of halogens is 1. The fraction of sp³-hybridized carbons (Fsp3) is 0.421. The third kappa shape index (κ3) is 3.09. The lowest BCUT2D eigenvalue weighted by molar-refractivity contribution is 0.0588. The minimum absolute atomic E-state index is 0.0537. The Hall–Kier alpha value is -2.70. The number of benzene rings is 1. The van der Waals surface area contributed by atoms with E-state index >= 15 is 0 Å². The Kier molecular flexibility index (Phi) is 4.44. The lowest BCUT2D eigenvalue weighted by Gasteiger charge is -2.36. The fourth-order valence-electron chi connectivity index (χ4n) is 3.95. The zero-order valence-corrected chi connectivity index (χ0v) is 14.6. The molecule has 0 unspecified atom stereocenters. The second kappa shape index (κ2) is 6.90. The van der Waals surface area contributed by atoms with Crippen LogP contribution >= 0.6 is 0 Å². The SMILES string of the molecule is COc1ccc(F)cc1C(=O)N1C[C@H]2CC[C@@H]1CN(c1ncccn1)C2. The Morgan fingerprint density at radius 1 is 1.19 bits per heavy atom. The molecule has 0 saturated carbocycles. The molecule has 7 heteroatoms. The van der Waals surface area contributed by atoms with Crippen LogP contribution in [0.15, 0.2) is 36.7 Å². The number of amides is 1. The van der Waals surface area contributed by atoms with Crippen LogP contribution in [-0.2, 0) is 0 Å². The minimum atomic E-state index is -0.437. The van der Waals surface area contributed by atoms with Crippen LogP contribution in [0.1, 0.15) is 23.2 Å². The van der Waals surface area contributed by atoms with Crippen molar-refractivity contribution in [1.29, 1.82) is 0 Å². The molecular formula is C19H21FN4O2. The molecule has 2 aromatic rings. The highest BCUT2D eigenvalue weighted by atomic mass is 19.1. The molecule has 3 saturated heterocycles. The topological polar surface area (TPSA) is 58.6 Å². The molecule has 136 valence electrons. The van der Waals surface area contributed by atoms with Gasteiger partial charge in [-0.3, -0.25) is 4.79 Å². The standard InChI is InChI=1S/C19H21FN4O2/c1-26-17-6-4-14(20)9-16(17)18(25)24-11-13-3-5-15(24)12-23(10-13)19-21-7-2-8-22-19/h2,4,6-9,13,15H,3,5,10-12H2,1H3/t13-,15+/m0/s1. The number of rotatable bonds is 3. The lowest BCUT2D eigenvalue weighted by Crippen LogP contribution is -2.47. The molecule has 5 rings (SSSR count). The van der Waals surface area contributed by atoms with Crippen LogP contribution in [0.3, 0.4) is 0 Å². The molecule has 3 fully saturated rings. The van der Waals surface area contributed by atoms with Crippen molar-refractivity contribution in [1.82, 2.24) is 14.9 Å². The number of nitrogens with zero attached hydrogens (tertiary/aromatic N) is 4. The molecule has 1 aromatic heterocycles. The predicted octanol–water partition coefficient (Wildman–Crippen LogP) is 2.37. The highest BCUT2D eigenvalue weighted by Gasteiger charge is 2.38. The number of methoxy groups -OCH3 is 1. The van der Waals surface area contributed by atoms with Crippen LogP contribution < -0.4 is 9.64 Å². The van der Waals surface area contributed by atoms with Crippen LogP contribution in [0.25, 0.3) is 0 Å². The molecule has 2 atom stereocenters. The number of hydrogen-bond acceptors (Lipinski definition) is 5. The van der Waals surface area contributed by atoms with Gasteiger partial charge in [0.25, 0.3) is 5.91 Å². The molecule has 6 nitrogen and oxygen atoms in total. The van der Waals surface area contributed by atoms with Crippen molar-refractivity contribution in [2.45, 2.75) is 18.9 Å². The number of fused-ring (bicyclic) bond motifs is 4. The molecule has 0 aliphatic carbocycles. The smallest absolute Gasteiger partial charge is 0.258 e. The summed E-state index contributed by atoms with van der Waals surface area (Å²) in [7, 11) is 1.49. The van der Waals surface area contributed by atoms with Crippen LogP contribution in [-0.4, -0.2) is 53.6 Å². The summed E-state index contributed by atoms with van der Waals surface area (Å²) in [6, 6.07) is 5.92. The van der Waals surface area contributed by atoms with Crippen molar-refractivity contribution in [2.24, 2.45) is 5.92 Å². The van der Waals surface area contributed by atoms with E-state index in [0.29, 0.717) is 30.7 Å². The second-order valence-electron chi connectivity index (χ2n) is 6.85. The molecule has 1 amide bonds. The van der Waals surface area contributed by atoms with Gasteiger partial charge < -0.3 is 14.5 Å². The van der Waals surface area contributed by atoms with Gasteiger partial charge in [0.05, 0.1) is 12.7 Å². The first kappa shape index (κ1) is 16.8. The number of anilines is 1. The molecule has 0 radical (unpaired) electrons. The maximum atomic E-state index is 13.7. The molecule has 0 N–H and O–H groups in total. The van der Waals surface area contributed by atoms with Crippen LogP contribution in [0, 0.1) is 11.7 Å². The predicted molar refractivity (Wildman–Crippen MR) is 94.7 cm³/mol. The summed E-state index contributed by atoms with van der Waals surface area (Å²) in [4.78, 5) is 25.9. The van der Waals surface area contributed by atoms with E-state index in [1.54, 1.807) is 18.5 Å². The van der Waals surface area contributed by atoms with E-state index in [2.05, 4.69) is 14.9 Å². The zero-order chi connectivity index (χ0) is 18.1. The van der Waals surface area contributed by atoms with E-state index in [0.717, 1.165) is 19.4 Å². The number of carbonyl (C=O) groups excluding carboxylic acids is 1. The third-order valence-corrected chi connectivity index (χ3v) is 5.20. The fourth-order valence-corrected chi connectivity index (χ4v) is 3.95. The van der Waals surface area contributed by atoms with Crippen molar-refractivity contribution in [2.75, 3.05) is 31.6 Å². The number of hydrogen-bond donors (Lipinski definition) is 0. The van der Waals surface area contributed by atoms with E-state index in [4.69, 9.17) is 4.74 Å². The van der Waals surface area contributed by atoms with Gasteiger partial charge >= 0.3 is 0 Å². The van der Waals surface area contributed by atoms with E-state index in [-0.39, 0.29) is 17.5 Å². The summed E-state index contributed by atoms with van der Waals surface area (Å²) < 4.78 is 19.0. The largest absolute Gasteiger partial charge is 0.496 e. The minimum Gasteiger partial charge on any atom is -0.496 e. The summed E-state index contributed by atoms with van der Waals surface area (Å²) in [5.41, 5.74) is 0.280. The summed E-state index contributed by atoms with van der Waals surface area (Å²) in [5.74, 6) is 0.836. The molecule has 4 heterocycles. The van der Waals surface area contributed by atoms with Gasteiger partial charge in [-0.2, -0.15) is 0 Å². The number of piperidine rings is 1. The van der Waals surface area contributed by atoms with E-state index in [1.807, 2.05) is 4.90 Å². The Morgan fingerprint density at radius 2 is 2.00 bits per heavy atom. The highest BCUT2D eigenvalue weighted by molar-refractivity contribution is 5.97. The average Bonchev–Trinajstić information content (AvgIpc) is 3.00. The molecule has 1 aromatic carbocycles. The Balaban J connectivity index is 1.61. The van der Waals surface area contributed by atoms with Crippen molar-refractivity contribution < 1.29 is 13.9 Å². The number of aromatic nitrogens is 2. The molecular weight excluding hydrogens is 335 g/mol. The molecule has 0 spiro atoms. The maximum Gasteiger partial charge on any atom is 0.258 e. The first-order valence-corrected chi connectivity index (χ1v) is 8.82. The Morgan fingerprint density at radius 3 is 2.77 bits per heavy atom. The number of carbonyl (C=O) groups is 1. The van der Waals surface area contributed by atoms with Crippen LogP contribution in [0.4, 0.5) is 10.3 Å². The van der Waals surface area contributed by atoms with Crippen LogP contribution in [0.2, 0.25) is 0 Å². The van der Waals surface area contributed by atoms with E-state index < -0.39 is 5.82 Å². The summed E-state index contributed by atoms with van der Waals surface area (Å²) in [6.07, 6.45) is 5.46. The molecule has 2 bridgehead atoms. The Labute approximate surface area is 151 Å². The molecule has 3 aliphatic rings. The normalized spacial score (nSPS) is 22.2. The van der Waals surface area contributed by atoms with Crippen molar-refractivity contribution in [3.05, 3.63) is 48.0 Å². The summed E-state index contributed by atoms with van der Waals surface area (Å²) in [5, 5.41) is 0. The van der Waals surface area contributed by atoms with Gasteiger partial charge in [-0.15, -0.1) is 0 Å². The van der Waals surface area contributed by atoms with Gasteiger partial charge in [0, 0.05) is 38.1 Å². The summed E-state index contributed by atoms with van der Waals surface area (Å²) >= 11 is 0. The highest BCUT2D eigenvalue weighted by Crippen LogP contribution is 2.32. The van der Waals surface area contributed by atoms with Gasteiger partial charge in [-0.1, -0.05) is 0 Å². The number of ether oxygens (including phenoxy) is 1. The van der Waals surface area contributed by atoms with E-state index in [9.17, 15) is 9.18 Å². The van der Waals surface area contributed by atoms with Crippen molar-refractivity contribution in [3.63, 3.8) is 0 Å². The first-order chi connectivity index (χ1) is 12.7. The van der Waals surface area contributed by atoms with Crippen LogP contribution in [0.5, 0.6) is 5.75 Å². The van der Waals surface area contributed by atoms with Gasteiger partial charge in [-0.25, -0.2) is 14.4 Å². The van der Waals surface area contributed by atoms with Crippen molar-refractivity contribution >= 4 is 11.9 Å². The Bertz CT molecular complexity index is 801. The van der Waals surface area contributed by atoms with Gasteiger partial charge in [0.2, 0.25) is 5.95 Å². The van der Waals surface area contributed by atoms with Gasteiger partial charge in [0.1, 0.15) is 11.6 Å². The molecule has 26 heavy (non-hydrogen) atoms. The third-order valence-electron chi connectivity index (χ3n) is 5.20. The second-order valence-corrected chi connectivity index (χ2v) is 6.85. The maximum absolute atomic E-state index is 13.7. The lowest BCUT2D eigenvalue weighted by atomic mass is 9.94. The van der Waals surface area contributed by atoms with Gasteiger partial charge in [0.15, 0.2) is 0 Å². The quantitative estimate of drug-likeness (QED) is 0.845. The van der Waals surface area contributed by atoms with Crippen molar-refractivity contribution in [3.8, 4) is 5.75 Å².